The van der Waals surface area contributed by atoms with Gasteiger partial charge in [-0.05, 0) is 35.8 Å². The van der Waals surface area contributed by atoms with Crippen LogP contribution in [0.2, 0.25) is 0 Å². The molecule has 3 rings (SSSR count). The Bertz CT molecular complexity index is 506. The molecule has 2 aromatic rings. The van der Waals surface area contributed by atoms with Gasteiger partial charge in [0.2, 0.25) is 0 Å². The van der Waals surface area contributed by atoms with E-state index in [4.69, 9.17) is 0 Å². The molecular weight excluding hydrogens is 228 g/mol. The van der Waals surface area contributed by atoms with Crippen molar-refractivity contribution < 1.29 is 4.79 Å². The Morgan fingerprint density at radius 1 is 1.18 bits per heavy atom. The zero-order valence-corrected chi connectivity index (χ0v) is 10.4. The summed E-state index contributed by atoms with van der Waals surface area (Å²) in [6.45, 7) is 0. The molecule has 1 aliphatic carbocycles. The number of Topliss-reactive ketones (excluding diaryl/α,β-unsaturated/α-hetero) is 1. The Labute approximate surface area is 105 Å². The first-order valence-electron chi connectivity index (χ1n) is 6.00. The van der Waals surface area contributed by atoms with Crippen LogP contribution >= 0.6 is 11.3 Å². The van der Waals surface area contributed by atoms with Crippen LogP contribution in [-0.2, 0) is 0 Å². The maximum absolute atomic E-state index is 11.9. The van der Waals surface area contributed by atoms with E-state index in [2.05, 4.69) is 11.4 Å². The van der Waals surface area contributed by atoms with Crippen molar-refractivity contribution in [2.75, 3.05) is 0 Å². The number of thiophene rings is 1. The summed E-state index contributed by atoms with van der Waals surface area (Å²) in [7, 11) is 0. The van der Waals surface area contributed by atoms with Gasteiger partial charge in [-0.3, -0.25) is 4.79 Å². The van der Waals surface area contributed by atoms with Crippen LogP contribution in [0.4, 0.5) is 0 Å². The fourth-order valence-electron chi connectivity index (χ4n) is 1.97. The molecule has 1 fully saturated rings. The van der Waals surface area contributed by atoms with Gasteiger partial charge in [-0.25, -0.2) is 0 Å². The number of hydrogen-bond donors (Lipinski definition) is 0. The van der Waals surface area contributed by atoms with Gasteiger partial charge < -0.3 is 0 Å². The van der Waals surface area contributed by atoms with Crippen molar-refractivity contribution in [2.45, 2.75) is 19.3 Å². The molecule has 86 valence electrons. The average molecular weight is 242 g/mol. The Kier molecular flexibility index (Phi) is 2.81. The zero-order chi connectivity index (χ0) is 11.7. The number of carbonyl (C=O) groups excluding carboxylic acids is 1. The van der Waals surface area contributed by atoms with Crippen molar-refractivity contribution in [1.82, 2.24) is 0 Å². The second-order valence-corrected chi connectivity index (χ2v) is 5.57. The van der Waals surface area contributed by atoms with E-state index in [9.17, 15) is 4.79 Å². The Balaban J connectivity index is 1.77. The lowest BCUT2D eigenvalue weighted by Crippen LogP contribution is -1.99. The Morgan fingerprint density at radius 3 is 2.53 bits per heavy atom. The van der Waals surface area contributed by atoms with Gasteiger partial charge in [0, 0.05) is 16.9 Å². The van der Waals surface area contributed by atoms with Crippen molar-refractivity contribution in [2.24, 2.45) is 5.92 Å². The van der Waals surface area contributed by atoms with Gasteiger partial charge >= 0.3 is 0 Å². The van der Waals surface area contributed by atoms with Crippen LogP contribution in [0, 0.1) is 5.92 Å². The summed E-state index contributed by atoms with van der Waals surface area (Å²) < 4.78 is 0. The Morgan fingerprint density at radius 2 is 1.94 bits per heavy atom. The molecule has 0 unspecified atom stereocenters. The first-order chi connectivity index (χ1) is 8.33. The molecule has 1 aromatic carbocycles. The van der Waals surface area contributed by atoms with Crippen LogP contribution in [0.15, 0.2) is 41.8 Å². The topological polar surface area (TPSA) is 17.1 Å². The summed E-state index contributed by atoms with van der Waals surface area (Å²) in [4.78, 5) is 13.2. The summed E-state index contributed by atoms with van der Waals surface area (Å²) in [5, 5.41) is 2.07. The highest BCUT2D eigenvalue weighted by Crippen LogP contribution is 2.33. The first kappa shape index (κ1) is 10.7. The summed E-state index contributed by atoms with van der Waals surface area (Å²) in [6.07, 6.45) is 3.20. The molecule has 0 aliphatic heterocycles. The van der Waals surface area contributed by atoms with Crippen molar-refractivity contribution in [3.05, 3.63) is 47.3 Å². The number of hydrogen-bond acceptors (Lipinski definition) is 2. The summed E-state index contributed by atoms with van der Waals surface area (Å²) in [6, 6.07) is 12.2. The zero-order valence-electron chi connectivity index (χ0n) is 9.56. The maximum atomic E-state index is 11.9. The molecule has 17 heavy (non-hydrogen) atoms. The molecule has 2 heteroatoms. The standard InChI is InChI=1S/C15H14OS/c16-14(10-11-3-4-11)12-5-7-13(8-6-12)15-2-1-9-17-15/h1-2,5-9,11H,3-4,10H2. The van der Waals surface area contributed by atoms with Crippen LogP contribution < -0.4 is 0 Å². The lowest BCUT2D eigenvalue weighted by Gasteiger charge is -2.01. The molecule has 1 nitrogen and oxygen atoms in total. The highest BCUT2D eigenvalue weighted by molar-refractivity contribution is 7.13. The first-order valence-corrected chi connectivity index (χ1v) is 6.88. The van der Waals surface area contributed by atoms with E-state index in [0.717, 1.165) is 12.0 Å². The lowest BCUT2D eigenvalue weighted by molar-refractivity contribution is 0.0976. The molecular formula is C15H14OS. The molecule has 1 aromatic heterocycles. The fourth-order valence-corrected chi connectivity index (χ4v) is 2.70. The van der Waals surface area contributed by atoms with Gasteiger partial charge in [-0.1, -0.05) is 30.3 Å². The molecule has 1 saturated carbocycles. The molecule has 1 heterocycles. The monoisotopic (exact) mass is 242 g/mol. The Hall–Kier alpha value is -1.41. The normalized spacial score (nSPS) is 14.8. The molecule has 0 bridgehead atoms. The molecule has 1 aliphatic rings. The van der Waals surface area contributed by atoms with E-state index < -0.39 is 0 Å². The van der Waals surface area contributed by atoms with E-state index in [1.165, 1.54) is 23.3 Å². The fraction of sp³-hybridized carbons (Fsp3) is 0.267. The van der Waals surface area contributed by atoms with Gasteiger partial charge in [-0.15, -0.1) is 11.3 Å². The van der Waals surface area contributed by atoms with Crippen molar-refractivity contribution >= 4 is 17.1 Å². The summed E-state index contributed by atoms with van der Waals surface area (Å²) in [5.74, 6) is 0.963. The van der Waals surface area contributed by atoms with Gasteiger partial charge in [0.25, 0.3) is 0 Å². The average Bonchev–Trinajstić information content (AvgIpc) is 3.00. The smallest absolute Gasteiger partial charge is 0.163 e. The van der Waals surface area contributed by atoms with Crippen LogP contribution in [0.5, 0.6) is 0 Å². The quantitative estimate of drug-likeness (QED) is 0.726. The number of rotatable bonds is 4. The van der Waals surface area contributed by atoms with Crippen molar-refractivity contribution in [3.63, 3.8) is 0 Å². The van der Waals surface area contributed by atoms with Gasteiger partial charge in [0.1, 0.15) is 0 Å². The van der Waals surface area contributed by atoms with E-state index in [1.807, 2.05) is 30.3 Å². The van der Waals surface area contributed by atoms with Crippen LogP contribution in [0.1, 0.15) is 29.6 Å². The molecule has 0 saturated heterocycles. The predicted octanol–water partition coefficient (Wildman–Crippen LogP) is 4.40. The maximum Gasteiger partial charge on any atom is 0.163 e. The second-order valence-electron chi connectivity index (χ2n) is 4.63. The second kappa shape index (κ2) is 4.46. The van der Waals surface area contributed by atoms with E-state index in [-0.39, 0.29) is 0 Å². The molecule has 0 atom stereocenters. The molecule has 0 radical (unpaired) electrons. The highest BCUT2D eigenvalue weighted by Gasteiger charge is 2.24. The molecule has 0 spiro atoms. The largest absolute Gasteiger partial charge is 0.294 e. The van der Waals surface area contributed by atoms with Crippen LogP contribution in [0.25, 0.3) is 10.4 Å². The van der Waals surface area contributed by atoms with Gasteiger partial charge in [0.15, 0.2) is 5.78 Å². The number of benzene rings is 1. The van der Waals surface area contributed by atoms with Crippen molar-refractivity contribution in [1.29, 1.82) is 0 Å². The number of carbonyl (C=O) groups is 1. The number of ketones is 1. The van der Waals surface area contributed by atoms with E-state index in [1.54, 1.807) is 11.3 Å². The molecule has 0 N–H and O–H groups in total. The minimum atomic E-state index is 0.297. The SMILES string of the molecule is O=C(CC1CC1)c1ccc(-c2cccs2)cc1. The summed E-state index contributed by atoms with van der Waals surface area (Å²) >= 11 is 1.73. The van der Waals surface area contributed by atoms with Crippen LogP contribution in [-0.4, -0.2) is 5.78 Å². The summed E-state index contributed by atoms with van der Waals surface area (Å²) in [5.41, 5.74) is 2.06. The lowest BCUT2D eigenvalue weighted by atomic mass is 10.0. The third kappa shape index (κ3) is 2.47. The van der Waals surface area contributed by atoms with Crippen LogP contribution in [0.3, 0.4) is 0 Å². The van der Waals surface area contributed by atoms with Gasteiger partial charge in [0.05, 0.1) is 0 Å². The van der Waals surface area contributed by atoms with E-state index in [0.29, 0.717) is 11.7 Å². The third-order valence-corrected chi connectivity index (χ3v) is 4.10. The van der Waals surface area contributed by atoms with Crippen molar-refractivity contribution in [3.8, 4) is 10.4 Å². The minimum absolute atomic E-state index is 0.297. The predicted molar refractivity (Wildman–Crippen MR) is 71.4 cm³/mol. The van der Waals surface area contributed by atoms with E-state index >= 15 is 0 Å². The highest BCUT2D eigenvalue weighted by atomic mass is 32.1. The molecule has 0 amide bonds. The van der Waals surface area contributed by atoms with Gasteiger partial charge in [-0.2, -0.15) is 0 Å². The third-order valence-electron chi connectivity index (χ3n) is 3.18. The minimum Gasteiger partial charge on any atom is -0.294 e.